The minimum absolute atomic E-state index is 0.292. The van der Waals surface area contributed by atoms with Crippen LogP contribution in [0, 0.1) is 5.82 Å². The standard InChI is InChI=1S/C13H9FN4OS/c14-8-2-4-11(16-6-8)18-12(19)7-1-3-9-10(5-7)20-13(15)17-9/h1-6H,(H2,15,17)(H,16,18,19). The molecule has 20 heavy (non-hydrogen) atoms. The molecule has 3 N–H and O–H groups in total. The van der Waals surface area contributed by atoms with Crippen LogP contribution >= 0.6 is 11.3 Å². The van der Waals surface area contributed by atoms with Gasteiger partial charge in [-0.1, -0.05) is 11.3 Å². The van der Waals surface area contributed by atoms with E-state index < -0.39 is 5.82 Å². The number of hydrogen-bond acceptors (Lipinski definition) is 5. The molecule has 100 valence electrons. The van der Waals surface area contributed by atoms with Gasteiger partial charge in [-0.05, 0) is 30.3 Å². The van der Waals surface area contributed by atoms with E-state index in [0.29, 0.717) is 16.5 Å². The van der Waals surface area contributed by atoms with Crippen LogP contribution in [0.3, 0.4) is 0 Å². The lowest BCUT2D eigenvalue weighted by atomic mass is 10.2. The van der Waals surface area contributed by atoms with Crippen LogP contribution in [-0.4, -0.2) is 15.9 Å². The molecule has 1 amide bonds. The number of nitrogen functional groups attached to an aromatic ring is 1. The average molecular weight is 288 g/mol. The van der Waals surface area contributed by atoms with Gasteiger partial charge in [0.05, 0.1) is 16.4 Å². The molecule has 0 unspecified atom stereocenters. The monoisotopic (exact) mass is 288 g/mol. The molecule has 0 aliphatic carbocycles. The van der Waals surface area contributed by atoms with E-state index in [0.717, 1.165) is 16.4 Å². The van der Waals surface area contributed by atoms with Crippen molar-refractivity contribution >= 4 is 38.4 Å². The zero-order valence-corrected chi connectivity index (χ0v) is 10.9. The van der Waals surface area contributed by atoms with Crippen molar-refractivity contribution in [1.29, 1.82) is 0 Å². The number of hydrogen-bond donors (Lipinski definition) is 2. The number of nitrogens with two attached hydrogens (primary N) is 1. The highest BCUT2D eigenvalue weighted by Crippen LogP contribution is 2.24. The topological polar surface area (TPSA) is 80.9 Å². The number of nitrogens with one attached hydrogen (secondary N) is 1. The van der Waals surface area contributed by atoms with Gasteiger partial charge >= 0.3 is 0 Å². The van der Waals surface area contributed by atoms with E-state index >= 15 is 0 Å². The second-order valence-electron chi connectivity index (χ2n) is 4.05. The van der Waals surface area contributed by atoms with Gasteiger partial charge in [-0.25, -0.2) is 14.4 Å². The van der Waals surface area contributed by atoms with Gasteiger partial charge in [0.2, 0.25) is 0 Å². The van der Waals surface area contributed by atoms with Gasteiger partial charge in [-0.3, -0.25) is 4.79 Å². The number of benzene rings is 1. The largest absolute Gasteiger partial charge is 0.375 e. The molecule has 7 heteroatoms. The van der Waals surface area contributed by atoms with Gasteiger partial charge in [0, 0.05) is 5.56 Å². The Morgan fingerprint density at radius 2 is 2.15 bits per heavy atom. The summed E-state index contributed by atoms with van der Waals surface area (Å²) >= 11 is 1.31. The molecule has 3 aromatic rings. The summed E-state index contributed by atoms with van der Waals surface area (Å²) in [4.78, 5) is 19.9. The summed E-state index contributed by atoms with van der Waals surface area (Å²) in [6.07, 6.45) is 1.04. The average Bonchev–Trinajstić information content (AvgIpc) is 2.80. The first-order valence-corrected chi connectivity index (χ1v) is 6.52. The van der Waals surface area contributed by atoms with Crippen molar-refractivity contribution in [1.82, 2.24) is 9.97 Å². The van der Waals surface area contributed by atoms with Crippen molar-refractivity contribution < 1.29 is 9.18 Å². The fourth-order valence-electron chi connectivity index (χ4n) is 1.72. The maximum Gasteiger partial charge on any atom is 0.256 e. The molecular formula is C13H9FN4OS. The summed E-state index contributed by atoms with van der Waals surface area (Å²) in [5.41, 5.74) is 6.83. The Hall–Kier alpha value is -2.54. The van der Waals surface area contributed by atoms with E-state index in [1.165, 1.54) is 23.5 Å². The molecule has 0 spiro atoms. The highest BCUT2D eigenvalue weighted by atomic mass is 32.1. The minimum Gasteiger partial charge on any atom is -0.375 e. The number of halogens is 1. The molecule has 0 radical (unpaired) electrons. The van der Waals surface area contributed by atoms with E-state index in [4.69, 9.17) is 5.73 Å². The first-order valence-electron chi connectivity index (χ1n) is 5.71. The van der Waals surface area contributed by atoms with Crippen molar-refractivity contribution in [3.05, 3.63) is 47.9 Å². The highest BCUT2D eigenvalue weighted by molar-refractivity contribution is 7.22. The van der Waals surface area contributed by atoms with Gasteiger partial charge in [-0.15, -0.1) is 0 Å². The van der Waals surface area contributed by atoms with Crippen LogP contribution in [0.1, 0.15) is 10.4 Å². The summed E-state index contributed by atoms with van der Waals surface area (Å²) in [5.74, 6) is -0.483. The summed E-state index contributed by atoms with van der Waals surface area (Å²) in [6.45, 7) is 0. The van der Waals surface area contributed by atoms with E-state index in [2.05, 4.69) is 15.3 Å². The molecule has 0 bridgehead atoms. The van der Waals surface area contributed by atoms with Crippen LogP contribution in [0.2, 0.25) is 0 Å². The number of amides is 1. The number of carbonyl (C=O) groups is 1. The van der Waals surface area contributed by atoms with Crippen molar-refractivity contribution in [2.45, 2.75) is 0 Å². The lowest BCUT2D eigenvalue weighted by Crippen LogP contribution is -2.12. The van der Waals surface area contributed by atoms with E-state index in [1.807, 2.05) is 0 Å². The van der Waals surface area contributed by atoms with Crippen molar-refractivity contribution in [2.75, 3.05) is 11.1 Å². The predicted molar refractivity (Wildman–Crippen MR) is 76.2 cm³/mol. The SMILES string of the molecule is Nc1nc2ccc(C(=O)Nc3ccc(F)cn3)cc2s1. The lowest BCUT2D eigenvalue weighted by Gasteiger charge is -2.04. The third-order valence-corrected chi connectivity index (χ3v) is 3.48. The Kier molecular flexibility index (Phi) is 3.03. The normalized spacial score (nSPS) is 10.7. The first-order chi connectivity index (χ1) is 9.61. The van der Waals surface area contributed by atoms with Crippen LogP contribution in [0.25, 0.3) is 10.2 Å². The Labute approximate surface area is 117 Å². The molecule has 0 aliphatic rings. The zero-order chi connectivity index (χ0) is 14.1. The molecule has 5 nitrogen and oxygen atoms in total. The number of rotatable bonds is 2. The summed E-state index contributed by atoms with van der Waals surface area (Å²) in [6, 6.07) is 7.73. The molecule has 0 aliphatic heterocycles. The summed E-state index contributed by atoms with van der Waals surface area (Å²) in [7, 11) is 0. The van der Waals surface area contributed by atoms with Crippen LogP contribution in [-0.2, 0) is 0 Å². The Morgan fingerprint density at radius 3 is 2.90 bits per heavy atom. The third-order valence-electron chi connectivity index (χ3n) is 2.64. The number of fused-ring (bicyclic) bond motifs is 1. The van der Waals surface area contributed by atoms with Gasteiger partial charge in [0.25, 0.3) is 5.91 Å². The van der Waals surface area contributed by atoms with Crippen LogP contribution in [0.15, 0.2) is 36.5 Å². The fraction of sp³-hybridized carbons (Fsp3) is 0. The van der Waals surface area contributed by atoms with E-state index in [-0.39, 0.29) is 5.91 Å². The molecule has 2 aromatic heterocycles. The van der Waals surface area contributed by atoms with Gasteiger partial charge in [-0.2, -0.15) is 0 Å². The highest BCUT2D eigenvalue weighted by Gasteiger charge is 2.09. The molecule has 0 saturated heterocycles. The zero-order valence-electron chi connectivity index (χ0n) is 10.1. The van der Waals surface area contributed by atoms with Crippen LogP contribution in [0.4, 0.5) is 15.3 Å². The van der Waals surface area contributed by atoms with Gasteiger partial charge in [0.1, 0.15) is 11.6 Å². The predicted octanol–water partition coefficient (Wildman–Crippen LogP) is 2.66. The number of anilines is 2. The number of nitrogens with zero attached hydrogens (tertiary/aromatic N) is 2. The third kappa shape index (κ3) is 2.43. The lowest BCUT2D eigenvalue weighted by molar-refractivity contribution is 0.102. The van der Waals surface area contributed by atoms with Crippen molar-refractivity contribution in [2.24, 2.45) is 0 Å². The fourth-order valence-corrected chi connectivity index (χ4v) is 2.50. The van der Waals surface area contributed by atoms with E-state index in [9.17, 15) is 9.18 Å². The maximum absolute atomic E-state index is 12.7. The Morgan fingerprint density at radius 1 is 1.30 bits per heavy atom. The van der Waals surface area contributed by atoms with Crippen molar-refractivity contribution in [3.8, 4) is 0 Å². The Bertz CT molecular complexity index is 785. The second kappa shape index (κ2) is 4.86. The molecule has 0 fully saturated rings. The van der Waals surface area contributed by atoms with Gasteiger partial charge < -0.3 is 11.1 Å². The molecule has 1 aromatic carbocycles. The Balaban J connectivity index is 1.86. The molecule has 2 heterocycles. The first kappa shape index (κ1) is 12.5. The minimum atomic E-state index is -0.454. The summed E-state index contributed by atoms with van der Waals surface area (Å²) in [5, 5.41) is 3.05. The van der Waals surface area contributed by atoms with E-state index in [1.54, 1.807) is 18.2 Å². The van der Waals surface area contributed by atoms with Crippen LogP contribution < -0.4 is 11.1 Å². The number of carbonyl (C=O) groups excluding carboxylic acids is 1. The van der Waals surface area contributed by atoms with Crippen molar-refractivity contribution in [3.63, 3.8) is 0 Å². The van der Waals surface area contributed by atoms with Gasteiger partial charge in [0.15, 0.2) is 5.13 Å². The quantitative estimate of drug-likeness (QED) is 0.759. The summed E-state index contributed by atoms with van der Waals surface area (Å²) < 4.78 is 13.6. The second-order valence-corrected chi connectivity index (χ2v) is 5.11. The molecular weight excluding hydrogens is 279 g/mol. The molecule has 0 atom stereocenters. The number of pyridine rings is 1. The number of aromatic nitrogens is 2. The number of thiazole rings is 1. The van der Waals surface area contributed by atoms with Crippen LogP contribution in [0.5, 0.6) is 0 Å². The smallest absolute Gasteiger partial charge is 0.256 e. The molecule has 0 saturated carbocycles. The molecule has 3 rings (SSSR count). The maximum atomic E-state index is 12.7.